The molecule has 0 bridgehead atoms. The first kappa shape index (κ1) is 25.3. The van der Waals surface area contributed by atoms with E-state index in [0.29, 0.717) is 17.3 Å². The number of pyridine rings is 1. The van der Waals surface area contributed by atoms with E-state index in [2.05, 4.69) is 10.6 Å². The lowest BCUT2D eigenvalue weighted by atomic mass is 10.1. The summed E-state index contributed by atoms with van der Waals surface area (Å²) < 4.78 is 36.4. The van der Waals surface area contributed by atoms with Crippen molar-refractivity contribution >= 4 is 34.9 Å². The minimum atomic E-state index is -1.07. The number of hydrogen-bond donors (Lipinski definition) is 2. The van der Waals surface area contributed by atoms with Crippen molar-refractivity contribution in [3.05, 3.63) is 87.8 Å². The van der Waals surface area contributed by atoms with Crippen LogP contribution in [0.1, 0.15) is 13.3 Å². The molecule has 2 heterocycles. The molecule has 11 heteroatoms. The maximum atomic E-state index is 14.8. The van der Waals surface area contributed by atoms with Crippen LogP contribution in [0.5, 0.6) is 0 Å². The van der Waals surface area contributed by atoms with Crippen LogP contribution in [0.4, 0.5) is 25.0 Å². The maximum Gasteiger partial charge on any atom is 0.322 e. The highest BCUT2D eigenvalue weighted by atomic mass is 35.5. The van der Waals surface area contributed by atoms with E-state index in [0.717, 1.165) is 16.7 Å². The first-order valence-electron chi connectivity index (χ1n) is 11.2. The Morgan fingerprint density at radius 2 is 1.78 bits per heavy atom. The number of nitrogens with one attached hydrogen (secondary N) is 2. The van der Waals surface area contributed by atoms with E-state index in [4.69, 9.17) is 16.3 Å². The topological polar surface area (TPSA) is 92.7 Å². The first-order chi connectivity index (χ1) is 17.3. The van der Waals surface area contributed by atoms with Gasteiger partial charge in [0.25, 0.3) is 5.56 Å². The molecular formula is C25H23ClF2N4O4. The van der Waals surface area contributed by atoms with Crippen LogP contribution in [0.2, 0.25) is 5.02 Å². The highest BCUT2D eigenvalue weighted by Crippen LogP contribution is 2.27. The SMILES string of the molecule is CCO[C@@H]1C[C@H](C(=O)Nc2ccc(Cl)cc2)N(C(=O)Nc2c(F)cc(-n3ccccc3=O)cc2F)C1. The zero-order chi connectivity index (χ0) is 25.8. The molecule has 36 heavy (non-hydrogen) atoms. The largest absolute Gasteiger partial charge is 0.377 e. The fourth-order valence-corrected chi connectivity index (χ4v) is 4.15. The number of benzene rings is 2. The Bertz CT molecular complexity index is 1310. The average molecular weight is 517 g/mol. The lowest BCUT2D eigenvalue weighted by Crippen LogP contribution is -2.45. The summed E-state index contributed by atoms with van der Waals surface area (Å²) in [5.41, 5.74) is -0.717. The summed E-state index contributed by atoms with van der Waals surface area (Å²) in [5.74, 6) is -2.62. The Labute approximate surface area is 210 Å². The predicted molar refractivity (Wildman–Crippen MR) is 132 cm³/mol. The summed E-state index contributed by atoms with van der Waals surface area (Å²) in [6.07, 6.45) is 1.15. The van der Waals surface area contributed by atoms with E-state index < -0.39 is 47.0 Å². The Hall–Kier alpha value is -3.76. The van der Waals surface area contributed by atoms with Crippen molar-refractivity contribution in [2.45, 2.75) is 25.5 Å². The van der Waals surface area contributed by atoms with Gasteiger partial charge < -0.3 is 20.3 Å². The third kappa shape index (κ3) is 5.55. The number of urea groups is 1. The maximum absolute atomic E-state index is 14.8. The van der Waals surface area contributed by atoms with Gasteiger partial charge in [-0.25, -0.2) is 13.6 Å². The normalized spacial score (nSPS) is 17.2. The Morgan fingerprint density at radius 3 is 2.42 bits per heavy atom. The van der Waals surface area contributed by atoms with Crippen molar-refractivity contribution in [3.63, 3.8) is 0 Å². The van der Waals surface area contributed by atoms with E-state index in [9.17, 15) is 23.2 Å². The van der Waals surface area contributed by atoms with Crippen molar-refractivity contribution < 1.29 is 23.1 Å². The van der Waals surface area contributed by atoms with E-state index in [1.54, 1.807) is 37.3 Å². The second kappa shape index (κ2) is 10.9. The van der Waals surface area contributed by atoms with Gasteiger partial charge in [-0.3, -0.25) is 14.2 Å². The van der Waals surface area contributed by atoms with Crippen molar-refractivity contribution in [2.24, 2.45) is 0 Å². The van der Waals surface area contributed by atoms with E-state index in [1.807, 2.05) is 0 Å². The zero-order valence-corrected chi connectivity index (χ0v) is 20.0. The summed E-state index contributed by atoms with van der Waals surface area (Å²) in [6.45, 7) is 2.21. The molecule has 3 aromatic rings. The second-order valence-corrected chi connectivity index (χ2v) is 8.54. The number of ether oxygens (including phenoxy) is 1. The quantitative estimate of drug-likeness (QED) is 0.507. The van der Waals surface area contributed by atoms with Crippen LogP contribution < -0.4 is 16.2 Å². The molecule has 0 unspecified atom stereocenters. The number of carbonyl (C=O) groups excluding carboxylic acids is 2. The molecule has 1 aliphatic heterocycles. The number of anilines is 2. The lowest BCUT2D eigenvalue weighted by Gasteiger charge is -2.24. The van der Waals surface area contributed by atoms with Crippen LogP contribution in [-0.2, 0) is 9.53 Å². The van der Waals surface area contributed by atoms with E-state index >= 15 is 0 Å². The standard InChI is InChI=1S/C25H23ClF2N4O4/c1-2-36-18-13-21(24(34)29-16-8-6-15(26)7-9-16)32(14-18)25(35)30-23-19(27)11-17(12-20(23)28)31-10-4-3-5-22(31)33/h3-12,18,21H,2,13-14H2,1H3,(H,29,34)(H,30,35)/t18-,21-/m1/s1. The van der Waals surface area contributed by atoms with Gasteiger partial charge in [-0.05, 0) is 37.3 Å². The molecular weight excluding hydrogens is 494 g/mol. The van der Waals surface area contributed by atoms with Gasteiger partial charge in [0, 0.05) is 54.7 Å². The van der Waals surface area contributed by atoms with Crippen LogP contribution in [-0.4, -0.2) is 46.7 Å². The van der Waals surface area contributed by atoms with Gasteiger partial charge in [-0.15, -0.1) is 0 Å². The molecule has 1 aliphatic rings. The summed E-state index contributed by atoms with van der Waals surface area (Å²) in [7, 11) is 0. The molecule has 1 saturated heterocycles. The third-order valence-corrected chi connectivity index (χ3v) is 5.95. The minimum Gasteiger partial charge on any atom is -0.377 e. The molecule has 0 radical (unpaired) electrons. The second-order valence-electron chi connectivity index (χ2n) is 8.10. The molecule has 1 aromatic heterocycles. The number of likely N-dealkylation sites (tertiary alicyclic amines) is 1. The Balaban J connectivity index is 1.55. The number of nitrogens with zero attached hydrogens (tertiary/aromatic N) is 2. The molecule has 0 saturated carbocycles. The van der Waals surface area contributed by atoms with E-state index in [1.165, 1.54) is 23.2 Å². The number of hydrogen-bond acceptors (Lipinski definition) is 4. The van der Waals surface area contributed by atoms with Gasteiger partial charge in [0.05, 0.1) is 11.8 Å². The summed E-state index contributed by atoms with van der Waals surface area (Å²) in [6, 6.07) is 10.8. The third-order valence-electron chi connectivity index (χ3n) is 5.70. The van der Waals surface area contributed by atoms with Gasteiger partial charge in [-0.1, -0.05) is 17.7 Å². The van der Waals surface area contributed by atoms with Crippen molar-refractivity contribution in [2.75, 3.05) is 23.8 Å². The first-order valence-corrected chi connectivity index (χ1v) is 11.6. The van der Waals surface area contributed by atoms with Crippen LogP contribution in [0.25, 0.3) is 5.69 Å². The van der Waals surface area contributed by atoms with Gasteiger partial charge in [0.2, 0.25) is 5.91 Å². The van der Waals surface area contributed by atoms with Gasteiger partial charge in [0.1, 0.15) is 11.7 Å². The van der Waals surface area contributed by atoms with E-state index in [-0.39, 0.29) is 18.7 Å². The Morgan fingerprint density at radius 1 is 1.08 bits per heavy atom. The molecule has 0 spiro atoms. The van der Waals surface area contributed by atoms with Crippen LogP contribution in [0.15, 0.2) is 65.6 Å². The molecule has 8 nitrogen and oxygen atoms in total. The molecule has 0 aliphatic carbocycles. The number of amides is 3. The van der Waals surface area contributed by atoms with Crippen LogP contribution in [0, 0.1) is 11.6 Å². The van der Waals surface area contributed by atoms with Gasteiger partial charge in [-0.2, -0.15) is 0 Å². The Kier molecular flexibility index (Phi) is 7.66. The molecule has 2 atom stereocenters. The number of rotatable bonds is 6. The van der Waals surface area contributed by atoms with Crippen molar-refractivity contribution in [3.8, 4) is 5.69 Å². The van der Waals surface area contributed by atoms with Crippen LogP contribution in [0.3, 0.4) is 0 Å². The fraction of sp³-hybridized carbons (Fsp3) is 0.240. The summed E-state index contributed by atoms with van der Waals surface area (Å²) in [4.78, 5) is 39.2. The highest BCUT2D eigenvalue weighted by molar-refractivity contribution is 6.30. The highest BCUT2D eigenvalue weighted by Gasteiger charge is 2.40. The minimum absolute atomic E-state index is 0.0357. The summed E-state index contributed by atoms with van der Waals surface area (Å²) in [5, 5.41) is 5.45. The van der Waals surface area contributed by atoms with Gasteiger partial charge >= 0.3 is 6.03 Å². The monoisotopic (exact) mass is 516 g/mol. The molecule has 2 N–H and O–H groups in total. The number of carbonyl (C=O) groups is 2. The molecule has 1 fully saturated rings. The number of aromatic nitrogens is 1. The average Bonchev–Trinajstić information content (AvgIpc) is 3.27. The number of halogens is 3. The van der Waals surface area contributed by atoms with Crippen molar-refractivity contribution in [1.29, 1.82) is 0 Å². The fourth-order valence-electron chi connectivity index (χ4n) is 4.02. The molecule has 2 aromatic carbocycles. The lowest BCUT2D eigenvalue weighted by molar-refractivity contribution is -0.119. The smallest absolute Gasteiger partial charge is 0.322 e. The van der Waals surface area contributed by atoms with Gasteiger partial charge in [0.15, 0.2) is 11.6 Å². The molecule has 4 rings (SSSR count). The molecule has 3 amide bonds. The summed E-state index contributed by atoms with van der Waals surface area (Å²) >= 11 is 5.88. The zero-order valence-electron chi connectivity index (χ0n) is 19.2. The molecule has 188 valence electrons. The van der Waals surface area contributed by atoms with Crippen molar-refractivity contribution in [1.82, 2.24) is 9.47 Å². The predicted octanol–water partition coefficient (Wildman–Crippen LogP) is 4.42. The van der Waals surface area contributed by atoms with Crippen LogP contribution >= 0.6 is 11.6 Å².